The minimum absolute atomic E-state index is 0.111. The molecule has 3 rings (SSSR count). The van der Waals surface area contributed by atoms with E-state index in [9.17, 15) is 9.90 Å². The maximum Gasteiger partial charge on any atom is 0.225 e. The molecule has 2 aliphatic rings. The first-order chi connectivity index (χ1) is 11.1. The Labute approximate surface area is 142 Å². The number of halogens is 1. The van der Waals surface area contributed by atoms with Crippen LogP contribution in [0.15, 0.2) is 24.3 Å². The van der Waals surface area contributed by atoms with Gasteiger partial charge in [0.25, 0.3) is 0 Å². The van der Waals surface area contributed by atoms with Crippen LogP contribution in [0, 0.1) is 5.92 Å². The van der Waals surface area contributed by atoms with Gasteiger partial charge in [-0.1, -0.05) is 23.7 Å². The van der Waals surface area contributed by atoms with Gasteiger partial charge < -0.3 is 14.7 Å². The zero-order chi connectivity index (χ0) is 16.2. The first-order valence-corrected chi connectivity index (χ1v) is 8.84. The summed E-state index contributed by atoms with van der Waals surface area (Å²) in [6.45, 7) is 2.23. The lowest BCUT2D eigenvalue weighted by atomic mass is 9.87. The second-order valence-corrected chi connectivity index (χ2v) is 6.99. The molecule has 0 bridgehead atoms. The number of benzene rings is 1. The van der Waals surface area contributed by atoms with Gasteiger partial charge in [-0.05, 0) is 49.3 Å². The second kappa shape index (κ2) is 7.65. The van der Waals surface area contributed by atoms with Crippen LogP contribution in [0.2, 0.25) is 5.02 Å². The molecule has 2 saturated heterocycles. The summed E-state index contributed by atoms with van der Waals surface area (Å²) in [7, 11) is 0. The van der Waals surface area contributed by atoms with E-state index in [1.807, 2.05) is 17.0 Å². The van der Waals surface area contributed by atoms with Crippen LogP contribution in [-0.2, 0) is 9.53 Å². The molecule has 4 nitrogen and oxygen atoms in total. The Balaban J connectivity index is 1.49. The number of hydrogen-bond acceptors (Lipinski definition) is 3. The standard InChI is InChI=1S/C18H24ClNO3/c19-15-5-3-13(4-6-15)18(22)14-7-9-20(10-8-14)17(21)12-16-2-1-11-23-16/h3-6,14,16,18,22H,1-2,7-12H2/t16-,18-/m0/s1. The lowest BCUT2D eigenvalue weighted by molar-refractivity contribution is -0.135. The van der Waals surface area contributed by atoms with Gasteiger partial charge >= 0.3 is 0 Å². The minimum atomic E-state index is -0.484. The number of piperidine rings is 1. The first kappa shape index (κ1) is 16.7. The molecule has 0 spiro atoms. The molecule has 0 unspecified atom stereocenters. The molecular weight excluding hydrogens is 314 g/mol. The van der Waals surface area contributed by atoms with Gasteiger partial charge in [0.1, 0.15) is 0 Å². The number of aliphatic hydroxyl groups is 1. The van der Waals surface area contributed by atoms with Crippen molar-refractivity contribution in [2.75, 3.05) is 19.7 Å². The fourth-order valence-corrected chi connectivity index (χ4v) is 3.65. The van der Waals surface area contributed by atoms with Gasteiger partial charge in [-0.2, -0.15) is 0 Å². The summed E-state index contributed by atoms with van der Waals surface area (Å²) in [6, 6.07) is 7.37. The molecule has 2 aliphatic heterocycles. The van der Waals surface area contributed by atoms with Crippen molar-refractivity contribution in [3.05, 3.63) is 34.9 Å². The third-order valence-corrected chi connectivity index (χ3v) is 5.23. The molecule has 1 aromatic carbocycles. The third-order valence-electron chi connectivity index (χ3n) is 4.98. The molecule has 0 aliphatic carbocycles. The van der Waals surface area contributed by atoms with E-state index < -0.39 is 6.10 Å². The Morgan fingerprint density at radius 3 is 2.57 bits per heavy atom. The monoisotopic (exact) mass is 337 g/mol. The van der Waals surface area contributed by atoms with E-state index in [4.69, 9.17) is 16.3 Å². The Kier molecular flexibility index (Phi) is 5.57. The summed E-state index contributed by atoms with van der Waals surface area (Å²) in [6.07, 6.45) is 3.86. The number of carbonyl (C=O) groups excluding carboxylic acids is 1. The summed E-state index contributed by atoms with van der Waals surface area (Å²) in [4.78, 5) is 14.2. The number of aliphatic hydroxyl groups excluding tert-OH is 1. The summed E-state index contributed by atoms with van der Waals surface area (Å²) in [5, 5.41) is 11.2. The van der Waals surface area contributed by atoms with Crippen molar-refractivity contribution in [3.8, 4) is 0 Å². The SMILES string of the molecule is O=C(C[C@@H]1CCCO1)N1CCC([C@@H](O)c2ccc(Cl)cc2)CC1. The van der Waals surface area contributed by atoms with Crippen molar-refractivity contribution >= 4 is 17.5 Å². The van der Waals surface area contributed by atoms with Crippen LogP contribution in [0.4, 0.5) is 0 Å². The maximum atomic E-state index is 12.3. The Hall–Kier alpha value is -1.10. The van der Waals surface area contributed by atoms with E-state index in [0.29, 0.717) is 11.4 Å². The number of ether oxygens (including phenoxy) is 1. The van der Waals surface area contributed by atoms with E-state index in [-0.39, 0.29) is 17.9 Å². The summed E-state index contributed by atoms with van der Waals surface area (Å²) < 4.78 is 5.54. The van der Waals surface area contributed by atoms with Crippen molar-refractivity contribution in [2.45, 2.75) is 44.3 Å². The van der Waals surface area contributed by atoms with Crippen LogP contribution in [0.1, 0.15) is 43.8 Å². The van der Waals surface area contributed by atoms with Crippen molar-refractivity contribution in [1.82, 2.24) is 4.90 Å². The minimum Gasteiger partial charge on any atom is -0.388 e. The van der Waals surface area contributed by atoms with Gasteiger partial charge in [0.05, 0.1) is 18.6 Å². The van der Waals surface area contributed by atoms with Gasteiger partial charge in [0.2, 0.25) is 5.91 Å². The molecular formula is C18H24ClNO3. The van der Waals surface area contributed by atoms with E-state index in [1.165, 1.54) is 0 Å². The van der Waals surface area contributed by atoms with E-state index in [2.05, 4.69) is 0 Å². The lowest BCUT2D eigenvalue weighted by Crippen LogP contribution is -2.40. The molecule has 0 radical (unpaired) electrons. The first-order valence-electron chi connectivity index (χ1n) is 8.46. The van der Waals surface area contributed by atoms with Crippen molar-refractivity contribution in [1.29, 1.82) is 0 Å². The van der Waals surface area contributed by atoms with Gasteiger partial charge in [-0.25, -0.2) is 0 Å². The second-order valence-electron chi connectivity index (χ2n) is 6.55. The summed E-state index contributed by atoms with van der Waals surface area (Å²) in [5.41, 5.74) is 0.901. The van der Waals surface area contributed by atoms with Gasteiger partial charge in [0, 0.05) is 24.7 Å². The third kappa shape index (κ3) is 4.25. The molecule has 126 valence electrons. The summed E-state index contributed by atoms with van der Waals surface area (Å²) >= 11 is 5.89. The Bertz CT molecular complexity index is 520. The lowest BCUT2D eigenvalue weighted by Gasteiger charge is -2.34. The zero-order valence-corrected chi connectivity index (χ0v) is 14.0. The average Bonchev–Trinajstić information content (AvgIpc) is 3.08. The topological polar surface area (TPSA) is 49.8 Å². The largest absolute Gasteiger partial charge is 0.388 e. The smallest absolute Gasteiger partial charge is 0.225 e. The van der Waals surface area contributed by atoms with E-state index >= 15 is 0 Å². The van der Waals surface area contributed by atoms with Crippen LogP contribution in [0.5, 0.6) is 0 Å². The number of hydrogen-bond donors (Lipinski definition) is 1. The van der Waals surface area contributed by atoms with Crippen molar-refractivity contribution < 1.29 is 14.6 Å². The highest BCUT2D eigenvalue weighted by Gasteiger charge is 2.29. The number of amides is 1. The van der Waals surface area contributed by atoms with Crippen molar-refractivity contribution in [2.24, 2.45) is 5.92 Å². The highest BCUT2D eigenvalue weighted by atomic mass is 35.5. The number of carbonyl (C=O) groups is 1. The van der Waals surface area contributed by atoms with Crippen LogP contribution in [0.25, 0.3) is 0 Å². The molecule has 1 N–H and O–H groups in total. The van der Waals surface area contributed by atoms with Crippen LogP contribution >= 0.6 is 11.6 Å². The number of rotatable bonds is 4. The molecule has 0 aromatic heterocycles. The molecule has 23 heavy (non-hydrogen) atoms. The number of nitrogens with zero attached hydrogens (tertiary/aromatic N) is 1. The van der Waals surface area contributed by atoms with Crippen LogP contribution in [0.3, 0.4) is 0 Å². The molecule has 1 amide bonds. The Morgan fingerprint density at radius 1 is 1.26 bits per heavy atom. The molecule has 2 fully saturated rings. The highest BCUT2D eigenvalue weighted by Crippen LogP contribution is 2.31. The zero-order valence-electron chi connectivity index (χ0n) is 13.3. The van der Waals surface area contributed by atoms with E-state index in [1.54, 1.807) is 12.1 Å². The molecule has 2 atom stereocenters. The fraction of sp³-hybridized carbons (Fsp3) is 0.611. The van der Waals surface area contributed by atoms with Crippen LogP contribution in [-0.4, -0.2) is 41.7 Å². The average molecular weight is 338 g/mol. The fourth-order valence-electron chi connectivity index (χ4n) is 3.53. The highest BCUT2D eigenvalue weighted by molar-refractivity contribution is 6.30. The Morgan fingerprint density at radius 2 is 1.96 bits per heavy atom. The molecule has 0 saturated carbocycles. The van der Waals surface area contributed by atoms with Crippen molar-refractivity contribution in [3.63, 3.8) is 0 Å². The van der Waals surface area contributed by atoms with Gasteiger partial charge in [-0.3, -0.25) is 4.79 Å². The van der Waals surface area contributed by atoms with Gasteiger partial charge in [0.15, 0.2) is 0 Å². The molecule has 1 aromatic rings. The van der Waals surface area contributed by atoms with Crippen LogP contribution < -0.4 is 0 Å². The molecule has 5 heteroatoms. The normalized spacial score (nSPS) is 23.9. The van der Waals surface area contributed by atoms with Gasteiger partial charge in [-0.15, -0.1) is 0 Å². The quantitative estimate of drug-likeness (QED) is 0.918. The predicted molar refractivity (Wildman–Crippen MR) is 89.3 cm³/mol. The summed E-state index contributed by atoms with van der Waals surface area (Å²) in [5.74, 6) is 0.388. The number of likely N-dealkylation sites (tertiary alicyclic amines) is 1. The maximum absolute atomic E-state index is 12.3. The predicted octanol–water partition coefficient (Wildman–Crippen LogP) is 3.18. The molecule has 2 heterocycles. The van der Waals surface area contributed by atoms with E-state index in [0.717, 1.165) is 50.9 Å².